The molecular formula is C16H25N2O4P. The molecular weight excluding hydrogens is 315 g/mol. The lowest BCUT2D eigenvalue weighted by molar-refractivity contribution is -0.116. The Morgan fingerprint density at radius 2 is 1.74 bits per heavy atom. The van der Waals surface area contributed by atoms with Gasteiger partial charge in [0.25, 0.3) is 0 Å². The maximum Gasteiger partial charge on any atom is 0.435 e. The lowest BCUT2D eigenvalue weighted by Gasteiger charge is -2.35. The van der Waals surface area contributed by atoms with Crippen molar-refractivity contribution < 1.29 is 18.4 Å². The lowest BCUT2D eigenvalue weighted by Crippen LogP contribution is -2.30. The minimum atomic E-state index is -3.52. The third-order valence-corrected chi connectivity index (χ3v) is 5.60. The molecule has 128 valence electrons. The van der Waals surface area contributed by atoms with Gasteiger partial charge in [-0.2, -0.15) is 0 Å². The van der Waals surface area contributed by atoms with Crippen LogP contribution in [0.15, 0.2) is 24.3 Å². The summed E-state index contributed by atoms with van der Waals surface area (Å²) >= 11 is 0. The summed E-state index contributed by atoms with van der Waals surface area (Å²) in [6, 6.07) is 7.28. The second kappa shape index (κ2) is 7.47. The second-order valence-corrected chi connectivity index (χ2v) is 7.91. The Kier molecular flexibility index (Phi) is 5.84. The van der Waals surface area contributed by atoms with Gasteiger partial charge in [0.05, 0.1) is 23.6 Å². The minimum absolute atomic E-state index is 0.0403. The van der Waals surface area contributed by atoms with Crippen molar-refractivity contribution >= 4 is 25.0 Å². The zero-order valence-electron chi connectivity index (χ0n) is 14.1. The number of carbonyl (C=O) groups excluding carboxylic acids is 1. The Morgan fingerprint density at radius 3 is 2.35 bits per heavy atom. The van der Waals surface area contributed by atoms with E-state index in [-0.39, 0.29) is 18.1 Å². The van der Waals surface area contributed by atoms with E-state index >= 15 is 0 Å². The first kappa shape index (κ1) is 18.0. The van der Waals surface area contributed by atoms with Crippen molar-refractivity contribution in [3.05, 3.63) is 24.3 Å². The van der Waals surface area contributed by atoms with Crippen LogP contribution in [-0.2, 0) is 18.4 Å². The maximum absolute atomic E-state index is 13.5. The molecule has 0 fully saturated rings. The summed E-state index contributed by atoms with van der Waals surface area (Å²) in [5.41, 5.74) is 1.28. The molecule has 1 amide bonds. The van der Waals surface area contributed by atoms with Gasteiger partial charge >= 0.3 is 7.75 Å². The zero-order valence-corrected chi connectivity index (χ0v) is 15.0. The topological polar surface area (TPSA) is 67.9 Å². The number of fused-ring (bicyclic) bond motifs is 1. The van der Waals surface area contributed by atoms with Gasteiger partial charge in [0, 0.05) is 13.0 Å². The molecule has 1 heterocycles. The van der Waals surface area contributed by atoms with Crippen molar-refractivity contribution in [2.75, 3.05) is 16.5 Å². The van der Waals surface area contributed by atoms with Crippen LogP contribution in [0.25, 0.3) is 0 Å². The molecule has 2 rings (SSSR count). The third-order valence-electron chi connectivity index (χ3n) is 3.21. The van der Waals surface area contributed by atoms with E-state index < -0.39 is 7.75 Å². The van der Waals surface area contributed by atoms with Gasteiger partial charge in [-0.1, -0.05) is 12.1 Å². The zero-order chi connectivity index (χ0) is 17.0. The van der Waals surface area contributed by atoms with E-state index in [4.69, 9.17) is 9.05 Å². The van der Waals surface area contributed by atoms with Crippen LogP contribution >= 0.6 is 7.75 Å². The van der Waals surface area contributed by atoms with E-state index in [1.54, 1.807) is 10.7 Å². The van der Waals surface area contributed by atoms with Gasteiger partial charge in [0.2, 0.25) is 5.91 Å². The van der Waals surface area contributed by atoms with Gasteiger partial charge in [-0.15, -0.1) is 0 Å². The largest absolute Gasteiger partial charge is 0.435 e. The minimum Gasteiger partial charge on any atom is -0.324 e. The van der Waals surface area contributed by atoms with Crippen LogP contribution in [0.1, 0.15) is 40.5 Å². The molecule has 1 aliphatic rings. The number of hydrogen-bond donors (Lipinski definition) is 1. The summed E-state index contributed by atoms with van der Waals surface area (Å²) in [5, 5.41) is 2.86. The molecule has 6 nitrogen and oxygen atoms in total. The highest BCUT2D eigenvalue weighted by Gasteiger charge is 2.38. The molecule has 0 atom stereocenters. The fourth-order valence-electron chi connectivity index (χ4n) is 2.45. The first-order valence-electron chi connectivity index (χ1n) is 7.95. The molecule has 23 heavy (non-hydrogen) atoms. The molecule has 1 aromatic carbocycles. The maximum atomic E-state index is 13.5. The molecule has 0 spiro atoms. The van der Waals surface area contributed by atoms with Gasteiger partial charge in [0.15, 0.2) is 0 Å². The quantitative estimate of drug-likeness (QED) is 0.814. The summed E-state index contributed by atoms with van der Waals surface area (Å²) in [7, 11) is -3.52. The van der Waals surface area contributed by atoms with Crippen LogP contribution in [0.4, 0.5) is 11.4 Å². The standard InChI is InChI=1S/C16H25N2O4P/c1-12(2)21-23(20,22-13(3)4)18-11-7-10-16(19)17-14-8-5-6-9-15(14)18/h5-6,8-9,12-13H,7,10-11H2,1-4H3,(H,17,19). The average molecular weight is 340 g/mol. The molecule has 0 radical (unpaired) electrons. The monoisotopic (exact) mass is 340 g/mol. The Hall–Kier alpha value is -1.36. The third kappa shape index (κ3) is 4.56. The normalized spacial score (nSPS) is 16.1. The number of nitrogens with zero attached hydrogens (tertiary/aromatic N) is 1. The average Bonchev–Trinajstić information content (AvgIpc) is 2.40. The summed E-state index contributed by atoms with van der Waals surface area (Å²) < 4.78 is 26.6. The van der Waals surface area contributed by atoms with E-state index in [9.17, 15) is 9.36 Å². The molecule has 1 N–H and O–H groups in total. The lowest BCUT2D eigenvalue weighted by atomic mass is 10.2. The van der Waals surface area contributed by atoms with E-state index in [0.717, 1.165) is 0 Å². The highest BCUT2D eigenvalue weighted by Crippen LogP contribution is 2.57. The smallest absolute Gasteiger partial charge is 0.324 e. The molecule has 7 heteroatoms. The van der Waals surface area contributed by atoms with Gasteiger partial charge in [-0.05, 0) is 46.2 Å². The van der Waals surface area contributed by atoms with Gasteiger partial charge < -0.3 is 5.32 Å². The predicted octanol–water partition coefficient (Wildman–Crippen LogP) is 4.18. The molecule has 1 aliphatic heterocycles. The van der Waals surface area contributed by atoms with E-state index in [0.29, 0.717) is 30.8 Å². The first-order chi connectivity index (χ1) is 10.8. The number of amides is 1. The molecule has 1 aromatic rings. The second-order valence-electron chi connectivity index (χ2n) is 6.07. The van der Waals surface area contributed by atoms with Crippen molar-refractivity contribution in [3.8, 4) is 0 Å². The Morgan fingerprint density at radius 1 is 1.13 bits per heavy atom. The van der Waals surface area contributed by atoms with Crippen LogP contribution in [0.3, 0.4) is 0 Å². The van der Waals surface area contributed by atoms with E-state index in [1.807, 2.05) is 45.9 Å². The van der Waals surface area contributed by atoms with Gasteiger partial charge in [0.1, 0.15) is 0 Å². The Balaban J connectivity index is 2.47. The van der Waals surface area contributed by atoms with Crippen LogP contribution in [0, 0.1) is 0 Å². The molecule has 0 saturated carbocycles. The van der Waals surface area contributed by atoms with Crippen LogP contribution in [-0.4, -0.2) is 24.7 Å². The fraction of sp³-hybridized carbons (Fsp3) is 0.562. The van der Waals surface area contributed by atoms with E-state index in [1.165, 1.54) is 0 Å². The van der Waals surface area contributed by atoms with Crippen LogP contribution in [0.2, 0.25) is 0 Å². The number of para-hydroxylation sites is 2. The first-order valence-corrected chi connectivity index (χ1v) is 9.45. The van der Waals surface area contributed by atoms with Crippen LogP contribution < -0.4 is 9.99 Å². The summed E-state index contributed by atoms with van der Waals surface area (Å²) in [5.74, 6) is -0.0403. The predicted molar refractivity (Wildman–Crippen MR) is 91.7 cm³/mol. The fourth-order valence-corrected chi connectivity index (χ4v) is 4.62. The highest BCUT2D eigenvalue weighted by atomic mass is 31.2. The summed E-state index contributed by atoms with van der Waals surface area (Å²) in [4.78, 5) is 11.8. The van der Waals surface area contributed by atoms with Crippen molar-refractivity contribution in [2.24, 2.45) is 0 Å². The van der Waals surface area contributed by atoms with Crippen molar-refractivity contribution in [1.29, 1.82) is 0 Å². The molecule has 0 aliphatic carbocycles. The summed E-state index contributed by atoms with van der Waals surface area (Å²) in [6.45, 7) is 7.74. The van der Waals surface area contributed by atoms with Crippen molar-refractivity contribution in [1.82, 2.24) is 0 Å². The number of rotatable bonds is 5. The molecule has 0 unspecified atom stereocenters. The Bertz CT molecular complexity index is 589. The summed E-state index contributed by atoms with van der Waals surface area (Å²) in [6.07, 6.45) is 0.458. The van der Waals surface area contributed by atoms with E-state index in [2.05, 4.69) is 5.32 Å². The van der Waals surface area contributed by atoms with Crippen molar-refractivity contribution in [3.63, 3.8) is 0 Å². The number of anilines is 2. The van der Waals surface area contributed by atoms with Gasteiger partial charge in [-0.3, -0.25) is 18.5 Å². The SMILES string of the molecule is CC(C)OP(=O)(OC(C)C)N1CCCC(=O)Nc2ccccc21. The number of carbonyl (C=O) groups is 1. The van der Waals surface area contributed by atoms with Crippen LogP contribution in [0.5, 0.6) is 0 Å². The number of benzene rings is 1. The number of hydrogen-bond acceptors (Lipinski definition) is 4. The molecule has 0 saturated heterocycles. The molecule has 0 bridgehead atoms. The highest BCUT2D eigenvalue weighted by molar-refractivity contribution is 7.55. The van der Waals surface area contributed by atoms with Gasteiger partial charge in [-0.25, -0.2) is 4.57 Å². The van der Waals surface area contributed by atoms with Crippen molar-refractivity contribution in [2.45, 2.75) is 52.7 Å². The Labute approximate surface area is 137 Å². The molecule has 0 aromatic heterocycles. The number of nitrogens with one attached hydrogen (secondary N) is 1.